The molecule has 2 amide bonds. The van der Waals surface area contributed by atoms with E-state index in [-0.39, 0.29) is 18.4 Å². The quantitative estimate of drug-likeness (QED) is 0.366. The van der Waals surface area contributed by atoms with E-state index in [1.807, 2.05) is 81.4 Å². The summed E-state index contributed by atoms with van der Waals surface area (Å²) in [6.45, 7) is 6.32. The van der Waals surface area contributed by atoms with Gasteiger partial charge in [-0.15, -0.1) is 0 Å². The first kappa shape index (κ1) is 23.1. The number of amides is 2. The number of hydrogen-bond donors (Lipinski definition) is 1. The summed E-state index contributed by atoms with van der Waals surface area (Å²) in [5.41, 5.74) is 4.02. The van der Waals surface area contributed by atoms with Crippen LogP contribution in [-0.2, 0) is 4.79 Å². The minimum absolute atomic E-state index is 0.0862. The molecule has 1 N–H and O–H groups in total. The lowest BCUT2D eigenvalue weighted by atomic mass is 10.1. The second kappa shape index (κ2) is 10.2. The zero-order chi connectivity index (χ0) is 24.1. The molecule has 0 bridgehead atoms. The molecule has 0 radical (unpaired) electrons. The molecule has 0 aliphatic rings. The van der Waals surface area contributed by atoms with Crippen LogP contribution in [0.15, 0.2) is 84.9 Å². The van der Waals surface area contributed by atoms with E-state index in [9.17, 15) is 9.59 Å². The maximum atomic E-state index is 13.3. The highest BCUT2D eigenvalue weighted by Crippen LogP contribution is 2.28. The molecular weight excluding hydrogens is 424 g/mol. The molecular formula is C29H28N2O3. The van der Waals surface area contributed by atoms with Crippen LogP contribution in [0.4, 0.5) is 11.4 Å². The molecule has 0 unspecified atom stereocenters. The largest absolute Gasteiger partial charge is 0.483 e. The minimum atomic E-state index is -0.257. The van der Waals surface area contributed by atoms with Gasteiger partial charge in [-0.3, -0.25) is 9.59 Å². The molecule has 0 saturated heterocycles. The predicted molar refractivity (Wildman–Crippen MR) is 138 cm³/mol. The molecule has 5 nitrogen and oxygen atoms in total. The van der Waals surface area contributed by atoms with Crippen molar-refractivity contribution in [3.8, 4) is 5.75 Å². The van der Waals surface area contributed by atoms with Gasteiger partial charge in [0.05, 0.1) is 5.69 Å². The van der Waals surface area contributed by atoms with Gasteiger partial charge in [-0.1, -0.05) is 54.6 Å². The second-order valence-corrected chi connectivity index (χ2v) is 8.18. The average molecular weight is 453 g/mol. The Balaban J connectivity index is 1.44. The fraction of sp³-hybridized carbons (Fsp3) is 0.172. The molecule has 0 heterocycles. The molecule has 4 rings (SSSR count). The highest BCUT2D eigenvalue weighted by atomic mass is 16.5. The summed E-state index contributed by atoms with van der Waals surface area (Å²) in [6.07, 6.45) is 0. The summed E-state index contributed by atoms with van der Waals surface area (Å²) < 4.78 is 5.72. The van der Waals surface area contributed by atoms with E-state index in [1.165, 1.54) is 0 Å². The number of hydrogen-bond acceptors (Lipinski definition) is 3. The van der Waals surface area contributed by atoms with E-state index in [4.69, 9.17) is 4.74 Å². The summed E-state index contributed by atoms with van der Waals surface area (Å²) in [6, 6.07) is 26.8. The zero-order valence-electron chi connectivity index (χ0n) is 19.7. The molecule has 0 saturated carbocycles. The Kier molecular flexibility index (Phi) is 6.93. The number of carbonyl (C=O) groups excluding carboxylic acids is 2. The van der Waals surface area contributed by atoms with Crippen molar-refractivity contribution in [2.45, 2.75) is 20.8 Å². The fourth-order valence-corrected chi connectivity index (χ4v) is 4.08. The first-order chi connectivity index (χ1) is 16.5. The smallest absolute Gasteiger partial charge is 0.262 e. The fourth-order valence-electron chi connectivity index (χ4n) is 4.08. The van der Waals surface area contributed by atoms with E-state index in [2.05, 4.69) is 5.32 Å². The van der Waals surface area contributed by atoms with Gasteiger partial charge in [0.15, 0.2) is 6.61 Å². The van der Waals surface area contributed by atoms with Gasteiger partial charge in [0.25, 0.3) is 11.8 Å². The van der Waals surface area contributed by atoms with Crippen molar-refractivity contribution in [3.05, 3.63) is 102 Å². The third kappa shape index (κ3) is 4.94. The number of para-hydroxylation sites is 1. The number of anilines is 2. The lowest BCUT2D eigenvalue weighted by Gasteiger charge is -2.23. The van der Waals surface area contributed by atoms with Gasteiger partial charge in [-0.05, 0) is 67.6 Å². The van der Waals surface area contributed by atoms with Crippen LogP contribution in [-0.4, -0.2) is 25.0 Å². The molecule has 0 aliphatic carbocycles. The van der Waals surface area contributed by atoms with Crippen LogP contribution < -0.4 is 15.0 Å². The Morgan fingerprint density at radius 1 is 0.824 bits per heavy atom. The first-order valence-electron chi connectivity index (χ1n) is 11.4. The van der Waals surface area contributed by atoms with E-state index >= 15 is 0 Å². The van der Waals surface area contributed by atoms with Crippen molar-refractivity contribution in [3.63, 3.8) is 0 Å². The molecule has 0 fully saturated rings. The number of rotatable bonds is 7. The third-order valence-electron chi connectivity index (χ3n) is 5.79. The van der Waals surface area contributed by atoms with E-state index in [0.717, 1.165) is 33.3 Å². The average Bonchev–Trinajstić information content (AvgIpc) is 2.85. The topological polar surface area (TPSA) is 58.6 Å². The Bertz CT molecular complexity index is 1300. The van der Waals surface area contributed by atoms with Crippen LogP contribution in [0.2, 0.25) is 0 Å². The second-order valence-electron chi connectivity index (χ2n) is 8.18. The van der Waals surface area contributed by atoms with Crippen molar-refractivity contribution in [1.82, 2.24) is 0 Å². The first-order valence-corrected chi connectivity index (χ1v) is 11.4. The molecule has 0 atom stereocenters. The number of fused-ring (bicyclic) bond motifs is 1. The predicted octanol–water partition coefficient (Wildman–Crippen LogP) is 6.14. The van der Waals surface area contributed by atoms with E-state index < -0.39 is 0 Å². The summed E-state index contributed by atoms with van der Waals surface area (Å²) in [4.78, 5) is 27.4. The maximum Gasteiger partial charge on any atom is 0.262 e. The monoisotopic (exact) mass is 452 g/mol. The van der Waals surface area contributed by atoms with Gasteiger partial charge >= 0.3 is 0 Å². The van der Waals surface area contributed by atoms with Crippen LogP contribution in [0.5, 0.6) is 5.75 Å². The molecule has 0 spiro atoms. The van der Waals surface area contributed by atoms with E-state index in [1.54, 1.807) is 29.2 Å². The van der Waals surface area contributed by atoms with Gasteiger partial charge < -0.3 is 15.0 Å². The van der Waals surface area contributed by atoms with Crippen LogP contribution in [0.1, 0.15) is 28.4 Å². The SMILES string of the molecule is CCN(C(=O)c1ccc(NC(=O)COc2c(C)cccc2C)cc1)c1cccc2ccccc12. The third-order valence-corrected chi connectivity index (χ3v) is 5.79. The lowest BCUT2D eigenvalue weighted by molar-refractivity contribution is -0.118. The van der Waals surface area contributed by atoms with Gasteiger partial charge in [0.2, 0.25) is 0 Å². The van der Waals surface area contributed by atoms with Gasteiger partial charge in [0.1, 0.15) is 5.75 Å². The van der Waals surface area contributed by atoms with Gasteiger partial charge in [-0.2, -0.15) is 0 Å². The molecule has 4 aromatic carbocycles. The minimum Gasteiger partial charge on any atom is -0.483 e. The number of ether oxygens (including phenoxy) is 1. The van der Waals surface area contributed by atoms with Crippen LogP contribution in [0.3, 0.4) is 0 Å². The molecule has 172 valence electrons. The number of nitrogens with zero attached hydrogens (tertiary/aromatic N) is 1. The number of benzene rings is 4. The van der Waals surface area contributed by atoms with Crippen LogP contribution in [0.25, 0.3) is 10.8 Å². The number of carbonyl (C=O) groups is 2. The Morgan fingerprint density at radius 2 is 1.47 bits per heavy atom. The summed E-state index contributed by atoms with van der Waals surface area (Å²) >= 11 is 0. The van der Waals surface area contributed by atoms with Crippen LogP contribution >= 0.6 is 0 Å². The van der Waals surface area contributed by atoms with Gasteiger partial charge in [-0.25, -0.2) is 0 Å². The highest BCUT2D eigenvalue weighted by Gasteiger charge is 2.18. The molecule has 0 aliphatic heterocycles. The molecule has 4 aromatic rings. The van der Waals surface area contributed by atoms with Crippen molar-refractivity contribution < 1.29 is 14.3 Å². The van der Waals surface area contributed by atoms with Gasteiger partial charge in [0, 0.05) is 23.2 Å². The summed E-state index contributed by atoms with van der Waals surface area (Å²) in [5, 5.41) is 4.95. The standard InChI is InChI=1S/C29H28N2O3/c1-4-31(26-14-8-12-22-11-5-6-13-25(22)26)29(33)23-15-17-24(18-16-23)30-27(32)19-34-28-20(2)9-7-10-21(28)3/h5-18H,4,19H2,1-3H3,(H,30,32). The normalized spacial score (nSPS) is 10.7. The van der Waals surface area contributed by atoms with Crippen molar-refractivity contribution in [1.29, 1.82) is 0 Å². The maximum absolute atomic E-state index is 13.3. The molecule has 34 heavy (non-hydrogen) atoms. The number of nitrogens with one attached hydrogen (secondary N) is 1. The Hall–Kier alpha value is -4.12. The summed E-state index contributed by atoms with van der Waals surface area (Å²) in [7, 11) is 0. The van der Waals surface area contributed by atoms with Crippen LogP contribution in [0, 0.1) is 13.8 Å². The number of aryl methyl sites for hydroxylation is 2. The van der Waals surface area contributed by atoms with Crippen molar-refractivity contribution >= 4 is 34.0 Å². The zero-order valence-corrected chi connectivity index (χ0v) is 19.7. The molecule has 5 heteroatoms. The van der Waals surface area contributed by atoms with E-state index in [0.29, 0.717) is 17.8 Å². The lowest BCUT2D eigenvalue weighted by Crippen LogP contribution is -2.30. The Morgan fingerprint density at radius 3 is 2.18 bits per heavy atom. The summed E-state index contributed by atoms with van der Waals surface area (Å²) in [5.74, 6) is 0.384. The highest BCUT2D eigenvalue weighted by molar-refractivity contribution is 6.11. The van der Waals surface area contributed by atoms with Crippen molar-refractivity contribution in [2.24, 2.45) is 0 Å². The molecule has 0 aromatic heterocycles. The Labute approximate surface area is 200 Å². The van der Waals surface area contributed by atoms with Crippen molar-refractivity contribution in [2.75, 3.05) is 23.4 Å².